The Morgan fingerprint density at radius 1 is 1.23 bits per heavy atom. The third kappa shape index (κ3) is 3.38. The standard InChI is InChI=1S/C22H19F2N9O2/c1-11-8-15(29-31(11)2)20-27-28-21(35-20)22(34)32-7-6-13-17(26-10-25-13)18(32)14-9-12-4-3-5-16(19(23)24)33(12)30-14/h3-5,8-10,18-19H,6-7H2,1-2H3,(H,25,26)/t18-/m0/s1. The van der Waals surface area contributed by atoms with E-state index in [-0.39, 0.29) is 17.5 Å². The first-order chi connectivity index (χ1) is 16.9. The van der Waals surface area contributed by atoms with E-state index in [0.29, 0.717) is 35.6 Å². The molecule has 178 valence electrons. The van der Waals surface area contributed by atoms with Gasteiger partial charge in [-0.3, -0.25) is 9.48 Å². The molecular weight excluding hydrogens is 460 g/mol. The maximum atomic E-state index is 13.6. The van der Waals surface area contributed by atoms with E-state index in [1.165, 1.54) is 15.5 Å². The minimum absolute atomic E-state index is 0.125. The average Bonchev–Trinajstić information content (AvgIpc) is 3.63. The van der Waals surface area contributed by atoms with Crippen molar-refractivity contribution < 1.29 is 18.0 Å². The van der Waals surface area contributed by atoms with Gasteiger partial charge in [0.25, 0.3) is 12.3 Å². The van der Waals surface area contributed by atoms with E-state index < -0.39 is 18.4 Å². The molecule has 1 N–H and O–H groups in total. The number of aromatic nitrogens is 8. The van der Waals surface area contributed by atoms with Crippen molar-refractivity contribution in [3.63, 3.8) is 0 Å². The summed E-state index contributed by atoms with van der Waals surface area (Å²) in [5, 5.41) is 16.7. The van der Waals surface area contributed by atoms with Crippen molar-refractivity contribution in [2.24, 2.45) is 7.05 Å². The first-order valence-electron chi connectivity index (χ1n) is 10.8. The summed E-state index contributed by atoms with van der Waals surface area (Å²) in [7, 11) is 1.79. The number of H-pyrrole nitrogens is 1. The SMILES string of the molecule is Cc1cc(-c2nnc(C(=O)N3CCc4[nH]cnc4[C@@H]3c3cc4cccc(C(F)F)n4n3)o2)nn1C. The summed E-state index contributed by atoms with van der Waals surface area (Å²) in [5.41, 5.74) is 3.44. The molecule has 5 aromatic heterocycles. The summed E-state index contributed by atoms with van der Waals surface area (Å²) in [5.74, 6) is -0.592. The molecule has 1 amide bonds. The zero-order chi connectivity index (χ0) is 24.3. The third-order valence-corrected chi connectivity index (χ3v) is 6.16. The number of amides is 1. The van der Waals surface area contributed by atoms with E-state index in [1.54, 1.807) is 42.3 Å². The number of alkyl halides is 2. The molecule has 0 unspecified atom stereocenters. The van der Waals surface area contributed by atoms with Gasteiger partial charge in [-0.05, 0) is 31.2 Å². The maximum absolute atomic E-state index is 13.6. The molecule has 0 aromatic carbocycles. The second kappa shape index (κ2) is 7.82. The first-order valence-corrected chi connectivity index (χ1v) is 10.8. The Kier molecular flexibility index (Phi) is 4.72. The van der Waals surface area contributed by atoms with Crippen LogP contribution in [0.1, 0.15) is 51.6 Å². The normalized spacial score (nSPS) is 15.8. The lowest BCUT2D eigenvalue weighted by Gasteiger charge is -2.32. The highest BCUT2D eigenvalue weighted by atomic mass is 19.3. The number of hydrogen-bond donors (Lipinski definition) is 1. The lowest BCUT2D eigenvalue weighted by molar-refractivity contribution is 0.0646. The molecule has 35 heavy (non-hydrogen) atoms. The number of halogens is 2. The number of nitrogens with zero attached hydrogens (tertiary/aromatic N) is 8. The molecule has 0 saturated heterocycles. The molecule has 6 rings (SSSR count). The Bertz CT molecular complexity index is 1540. The Balaban J connectivity index is 1.41. The zero-order valence-corrected chi connectivity index (χ0v) is 18.7. The van der Waals surface area contributed by atoms with E-state index >= 15 is 0 Å². The van der Waals surface area contributed by atoms with Crippen LogP contribution in [0.25, 0.3) is 17.1 Å². The van der Waals surface area contributed by atoms with Crippen LogP contribution in [0.5, 0.6) is 0 Å². The van der Waals surface area contributed by atoms with Gasteiger partial charge in [-0.1, -0.05) is 6.07 Å². The van der Waals surface area contributed by atoms with Gasteiger partial charge in [0.05, 0.1) is 23.2 Å². The Morgan fingerprint density at radius 2 is 2.09 bits per heavy atom. The van der Waals surface area contributed by atoms with E-state index in [0.717, 1.165) is 11.4 Å². The molecule has 5 aromatic rings. The number of hydrogen-bond acceptors (Lipinski definition) is 7. The lowest BCUT2D eigenvalue weighted by Crippen LogP contribution is -2.41. The van der Waals surface area contributed by atoms with Gasteiger partial charge in [0.15, 0.2) is 0 Å². The van der Waals surface area contributed by atoms with Crippen LogP contribution >= 0.6 is 0 Å². The van der Waals surface area contributed by atoms with Crippen molar-refractivity contribution in [1.29, 1.82) is 0 Å². The summed E-state index contributed by atoms with van der Waals surface area (Å²) >= 11 is 0. The number of imidazole rings is 1. The predicted octanol–water partition coefficient (Wildman–Crippen LogP) is 2.87. The largest absolute Gasteiger partial charge is 0.411 e. The molecule has 11 nitrogen and oxygen atoms in total. The summed E-state index contributed by atoms with van der Waals surface area (Å²) in [6.07, 6.45) is -0.642. The van der Waals surface area contributed by atoms with Gasteiger partial charge in [0.2, 0.25) is 0 Å². The van der Waals surface area contributed by atoms with Crippen molar-refractivity contribution in [3.8, 4) is 11.6 Å². The second-order valence-electron chi connectivity index (χ2n) is 8.28. The van der Waals surface area contributed by atoms with E-state index in [1.807, 2.05) is 6.92 Å². The van der Waals surface area contributed by atoms with E-state index in [9.17, 15) is 13.6 Å². The first kappa shape index (κ1) is 21.1. The van der Waals surface area contributed by atoms with Gasteiger partial charge >= 0.3 is 11.8 Å². The van der Waals surface area contributed by atoms with Crippen LogP contribution in [0, 0.1) is 6.92 Å². The molecule has 13 heteroatoms. The molecule has 1 aliphatic rings. The number of aryl methyl sites for hydroxylation is 2. The molecule has 0 bridgehead atoms. The fourth-order valence-corrected chi connectivity index (χ4v) is 4.35. The molecule has 0 aliphatic carbocycles. The highest BCUT2D eigenvalue weighted by Crippen LogP contribution is 2.35. The van der Waals surface area contributed by atoms with E-state index in [2.05, 4.69) is 30.4 Å². The quantitative estimate of drug-likeness (QED) is 0.420. The van der Waals surface area contributed by atoms with Crippen LogP contribution in [0.4, 0.5) is 8.78 Å². The summed E-state index contributed by atoms with van der Waals surface area (Å²) < 4.78 is 35.6. The van der Waals surface area contributed by atoms with Crippen molar-refractivity contribution in [3.05, 3.63) is 71.0 Å². The fourth-order valence-electron chi connectivity index (χ4n) is 4.35. The monoisotopic (exact) mass is 479 g/mol. The van der Waals surface area contributed by atoms with Crippen LogP contribution in [0.3, 0.4) is 0 Å². The van der Waals surface area contributed by atoms with Crippen molar-refractivity contribution in [1.82, 2.24) is 44.5 Å². The van der Waals surface area contributed by atoms with Gasteiger partial charge < -0.3 is 14.3 Å². The molecule has 6 heterocycles. The van der Waals surface area contributed by atoms with Crippen LogP contribution in [-0.4, -0.2) is 56.9 Å². The van der Waals surface area contributed by atoms with Crippen molar-refractivity contribution in [2.45, 2.75) is 25.8 Å². The Morgan fingerprint density at radius 3 is 2.86 bits per heavy atom. The number of aromatic amines is 1. The predicted molar refractivity (Wildman–Crippen MR) is 117 cm³/mol. The Labute approximate surface area is 196 Å². The highest BCUT2D eigenvalue weighted by Gasteiger charge is 2.38. The van der Waals surface area contributed by atoms with Gasteiger partial charge in [-0.15, -0.1) is 10.2 Å². The fraction of sp³-hybridized carbons (Fsp3) is 0.273. The van der Waals surface area contributed by atoms with Crippen LogP contribution in [-0.2, 0) is 13.5 Å². The topological polar surface area (TPSA) is 123 Å². The molecular formula is C22H19F2N9O2. The molecule has 0 fully saturated rings. The van der Waals surface area contributed by atoms with Crippen LogP contribution in [0.2, 0.25) is 0 Å². The Hall–Kier alpha value is -4.42. The minimum atomic E-state index is -2.71. The molecule has 1 aliphatic heterocycles. The van der Waals surface area contributed by atoms with E-state index in [4.69, 9.17) is 4.42 Å². The average molecular weight is 479 g/mol. The van der Waals surface area contributed by atoms with Gasteiger partial charge in [0, 0.05) is 31.4 Å². The number of carbonyl (C=O) groups is 1. The second-order valence-corrected chi connectivity index (χ2v) is 8.28. The molecule has 0 saturated carbocycles. The number of rotatable bonds is 4. The van der Waals surface area contributed by atoms with Gasteiger partial charge in [-0.2, -0.15) is 10.2 Å². The van der Waals surface area contributed by atoms with Crippen LogP contribution < -0.4 is 0 Å². The molecule has 0 spiro atoms. The minimum Gasteiger partial charge on any atom is -0.411 e. The summed E-state index contributed by atoms with van der Waals surface area (Å²) in [6, 6.07) is 7.27. The maximum Gasteiger partial charge on any atom is 0.312 e. The van der Waals surface area contributed by atoms with Gasteiger partial charge in [0.1, 0.15) is 17.4 Å². The number of fused-ring (bicyclic) bond motifs is 2. The lowest BCUT2D eigenvalue weighted by atomic mass is 9.99. The summed E-state index contributed by atoms with van der Waals surface area (Å²) in [6.45, 7) is 2.20. The van der Waals surface area contributed by atoms with Crippen molar-refractivity contribution >= 4 is 11.4 Å². The highest BCUT2D eigenvalue weighted by molar-refractivity contribution is 5.90. The third-order valence-electron chi connectivity index (χ3n) is 6.16. The number of nitrogens with one attached hydrogen (secondary N) is 1. The zero-order valence-electron chi connectivity index (χ0n) is 18.7. The number of carbonyl (C=O) groups excluding carboxylic acids is 1. The smallest absolute Gasteiger partial charge is 0.312 e. The van der Waals surface area contributed by atoms with Gasteiger partial charge in [-0.25, -0.2) is 18.3 Å². The summed E-state index contributed by atoms with van der Waals surface area (Å²) in [4.78, 5) is 22.6. The van der Waals surface area contributed by atoms with Crippen molar-refractivity contribution in [2.75, 3.05) is 6.54 Å². The number of pyridine rings is 1. The van der Waals surface area contributed by atoms with Crippen LogP contribution in [0.15, 0.2) is 41.1 Å². The molecule has 1 atom stereocenters. The molecule has 0 radical (unpaired) electrons.